The minimum Gasteiger partial charge on any atom is -0.329 e. The van der Waals surface area contributed by atoms with Crippen LogP contribution in [-0.2, 0) is 11.3 Å². The van der Waals surface area contributed by atoms with E-state index in [4.69, 9.17) is 5.73 Å². The Morgan fingerprint density at radius 2 is 2.21 bits per heavy atom. The Hall–Kier alpha value is -2.07. The number of nitrogens with two attached hydrogens (primary N) is 1. The zero-order valence-corrected chi connectivity index (χ0v) is 10.7. The highest BCUT2D eigenvalue weighted by Gasteiger charge is 2.10. The number of amides is 1. The summed E-state index contributed by atoms with van der Waals surface area (Å²) < 4.78 is 1.55. The van der Waals surface area contributed by atoms with E-state index in [0.29, 0.717) is 18.2 Å². The molecule has 100 valence electrons. The SMILES string of the molecule is NCCn1nnnc1SCC(=O)Nc1ncccn1. The summed E-state index contributed by atoms with van der Waals surface area (Å²) in [4.78, 5) is 19.5. The molecular weight excluding hydrogens is 268 g/mol. The number of carbonyl (C=O) groups is 1. The molecule has 0 saturated heterocycles. The zero-order valence-electron chi connectivity index (χ0n) is 9.93. The Morgan fingerprint density at radius 3 is 2.95 bits per heavy atom. The molecule has 0 bridgehead atoms. The summed E-state index contributed by atoms with van der Waals surface area (Å²) >= 11 is 1.22. The van der Waals surface area contributed by atoms with Gasteiger partial charge >= 0.3 is 0 Å². The maximum absolute atomic E-state index is 11.7. The fourth-order valence-electron chi connectivity index (χ4n) is 1.22. The number of hydrogen-bond acceptors (Lipinski definition) is 8. The van der Waals surface area contributed by atoms with Gasteiger partial charge in [0.15, 0.2) is 0 Å². The lowest BCUT2D eigenvalue weighted by Crippen LogP contribution is -2.17. The normalized spacial score (nSPS) is 10.4. The van der Waals surface area contributed by atoms with E-state index in [-0.39, 0.29) is 17.6 Å². The van der Waals surface area contributed by atoms with Crippen LogP contribution >= 0.6 is 11.8 Å². The van der Waals surface area contributed by atoms with Crippen molar-refractivity contribution in [1.82, 2.24) is 30.2 Å². The molecule has 0 atom stereocenters. The number of rotatable bonds is 6. The second-order valence-corrected chi connectivity index (χ2v) is 4.33. The molecule has 0 aliphatic heterocycles. The average Bonchev–Trinajstić information content (AvgIpc) is 2.85. The lowest BCUT2D eigenvalue weighted by molar-refractivity contribution is -0.113. The monoisotopic (exact) mass is 280 g/mol. The van der Waals surface area contributed by atoms with E-state index in [1.165, 1.54) is 11.8 Å². The highest BCUT2D eigenvalue weighted by molar-refractivity contribution is 7.99. The minimum atomic E-state index is -0.224. The number of anilines is 1. The second-order valence-electron chi connectivity index (χ2n) is 3.38. The van der Waals surface area contributed by atoms with Crippen LogP contribution in [0.5, 0.6) is 0 Å². The van der Waals surface area contributed by atoms with Gasteiger partial charge < -0.3 is 5.73 Å². The first-order valence-electron chi connectivity index (χ1n) is 5.45. The van der Waals surface area contributed by atoms with Crippen molar-refractivity contribution in [1.29, 1.82) is 0 Å². The number of carbonyl (C=O) groups excluding carboxylic acids is 1. The first kappa shape index (κ1) is 13.4. The first-order valence-corrected chi connectivity index (χ1v) is 6.44. The number of thioether (sulfide) groups is 1. The standard InChI is InChI=1S/C9H12N8OS/c10-2-5-17-9(14-15-16-17)19-6-7(18)13-8-11-3-1-4-12-8/h1,3-4H,2,5-6,10H2,(H,11,12,13,18). The summed E-state index contributed by atoms with van der Waals surface area (Å²) in [5, 5.41) is 14.2. The van der Waals surface area contributed by atoms with Crippen molar-refractivity contribution < 1.29 is 4.79 Å². The Bertz CT molecular complexity index is 530. The molecular formula is C9H12N8OS. The van der Waals surface area contributed by atoms with Crippen LogP contribution in [0.3, 0.4) is 0 Å². The Labute approximate surface area is 113 Å². The molecule has 0 aliphatic carbocycles. The van der Waals surface area contributed by atoms with Gasteiger partial charge in [-0.3, -0.25) is 10.1 Å². The lowest BCUT2D eigenvalue weighted by atomic mass is 10.6. The van der Waals surface area contributed by atoms with Crippen LogP contribution in [0.25, 0.3) is 0 Å². The van der Waals surface area contributed by atoms with E-state index in [1.54, 1.807) is 23.1 Å². The van der Waals surface area contributed by atoms with Gasteiger partial charge in [-0.05, 0) is 16.5 Å². The molecule has 19 heavy (non-hydrogen) atoms. The highest BCUT2D eigenvalue weighted by atomic mass is 32.2. The van der Waals surface area contributed by atoms with Gasteiger partial charge in [0, 0.05) is 18.9 Å². The quantitative estimate of drug-likeness (QED) is 0.656. The van der Waals surface area contributed by atoms with Crippen LogP contribution in [0, 0.1) is 0 Å². The summed E-state index contributed by atoms with van der Waals surface area (Å²) in [5.41, 5.74) is 5.43. The van der Waals surface area contributed by atoms with E-state index >= 15 is 0 Å². The van der Waals surface area contributed by atoms with Gasteiger partial charge in [-0.2, -0.15) is 0 Å². The van der Waals surface area contributed by atoms with Crippen molar-refractivity contribution in [2.75, 3.05) is 17.6 Å². The third-order valence-electron chi connectivity index (χ3n) is 1.99. The molecule has 0 fully saturated rings. The van der Waals surface area contributed by atoms with Gasteiger partial charge in [-0.15, -0.1) is 5.10 Å². The number of hydrogen-bond donors (Lipinski definition) is 2. The van der Waals surface area contributed by atoms with Crippen molar-refractivity contribution in [2.45, 2.75) is 11.7 Å². The predicted octanol–water partition coefficient (Wildman–Crippen LogP) is -0.847. The summed E-state index contributed by atoms with van der Waals surface area (Å²) in [6, 6.07) is 1.67. The number of tetrazole rings is 1. The topological polar surface area (TPSA) is 124 Å². The molecule has 3 N–H and O–H groups in total. The Morgan fingerprint density at radius 1 is 1.42 bits per heavy atom. The van der Waals surface area contributed by atoms with Gasteiger partial charge in [0.25, 0.3) is 0 Å². The molecule has 2 aromatic rings. The van der Waals surface area contributed by atoms with E-state index in [9.17, 15) is 4.79 Å². The van der Waals surface area contributed by atoms with Gasteiger partial charge in [-0.25, -0.2) is 14.6 Å². The minimum absolute atomic E-state index is 0.170. The van der Waals surface area contributed by atoms with Crippen molar-refractivity contribution in [2.24, 2.45) is 5.73 Å². The molecule has 2 aromatic heterocycles. The summed E-state index contributed by atoms with van der Waals surface area (Å²) in [5.74, 6) is 0.219. The molecule has 0 radical (unpaired) electrons. The summed E-state index contributed by atoms with van der Waals surface area (Å²) in [6.45, 7) is 0.946. The lowest BCUT2D eigenvalue weighted by Gasteiger charge is -2.03. The molecule has 0 saturated carbocycles. The van der Waals surface area contributed by atoms with Crippen LogP contribution in [0.4, 0.5) is 5.95 Å². The second kappa shape index (κ2) is 6.75. The van der Waals surface area contributed by atoms with Gasteiger partial charge in [0.1, 0.15) is 0 Å². The van der Waals surface area contributed by atoms with Crippen molar-refractivity contribution in [3.63, 3.8) is 0 Å². The van der Waals surface area contributed by atoms with Crippen LogP contribution in [0.1, 0.15) is 0 Å². The highest BCUT2D eigenvalue weighted by Crippen LogP contribution is 2.13. The molecule has 2 heterocycles. The molecule has 10 heteroatoms. The number of aromatic nitrogens is 6. The molecule has 0 unspecified atom stereocenters. The van der Waals surface area contributed by atoms with Crippen molar-refractivity contribution in [3.8, 4) is 0 Å². The van der Waals surface area contributed by atoms with Crippen LogP contribution < -0.4 is 11.1 Å². The summed E-state index contributed by atoms with van der Waals surface area (Å²) in [6.07, 6.45) is 3.11. The molecule has 0 aliphatic rings. The smallest absolute Gasteiger partial charge is 0.237 e. The Kier molecular flexibility index (Phi) is 4.75. The maximum Gasteiger partial charge on any atom is 0.237 e. The zero-order chi connectivity index (χ0) is 13.5. The van der Waals surface area contributed by atoms with Gasteiger partial charge in [0.05, 0.1) is 12.3 Å². The average molecular weight is 280 g/mol. The molecule has 1 amide bonds. The summed E-state index contributed by atoms with van der Waals surface area (Å²) in [7, 11) is 0. The van der Waals surface area contributed by atoms with E-state index in [0.717, 1.165) is 0 Å². The molecule has 0 aromatic carbocycles. The van der Waals surface area contributed by atoms with E-state index in [2.05, 4.69) is 30.8 Å². The molecule has 2 rings (SSSR count). The fourth-order valence-corrected chi connectivity index (χ4v) is 1.92. The van der Waals surface area contributed by atoms with E-state index in [1.807, 2.05) is 0 Å². The van der Waals surface area contributed by atoms with Crippen LogP contribution in [0.2, 0.25) is 0 Å². The van der Waals surface area contributed by atoms with Crippen LogP contribution in [-0.4, -0.2) is 48.4 Å². The van der Waals surface area contributed by atoms with Gasteiger partial charge in [-0.1, -0.05) is 11.8 Å². The Balaban J connectivity index is 1.85. The number of nitrogens with one attached hydrogen (secondary N) is 1. The van der Waals surface area contributed by atoms with Crippen molar-refractivity contribution in [3.05, 3.63) is 18.5 Å². The molecule has 0 spiro atoms. The third kappa shape index (κ3) is 3.96. The third-order valence-corrected chi connectivity index (χ3v) is 2.95. The first-order chi connectivity index (χ1) is 9.29. The largest absolute Gasteiger partial charge is 0.329 e. The van der Waals surface area contributed by atoms with E-state index < -0.39 is 0 Å². The fraction of sp³-hybridized carbons (Fsp3) is 0.333. The van der Waals surface area contributed by atoms with Crippen molar-refractivity contribution >= 4 is 23.6 Å². The predicted molar refractivity (Wildman–Crippen MR) is 68.3 cm³/mol. The maximum atomic E-state index is 11.7. The van der Waals surface area contributed by atoms with Gasteiger partial charge in [0.2, 0.25) is 17.0 Å². The van der Waals surface area contributed by atoms with Crippen LogP contribution in [0.15, 0.2) is 23.6 Å². The number of nitrogens with zero attached hydrogens (tertiary/aromatic N) is 6. The molecule has 9 nitrogen and oxygen atoms in total.